The molecule has 92 valence electrons. The normalized spacial score (nSPS) is 11.1. The maximum Gasteiger partial charge on any atom is 0.244 e. The molecule has 1 rings (SSSR count). The van der Waals surface area contributed by atoms with Gasteiger partial charge in [-0.1, -0.05) is 19.1 Å². The summed E-state index contributed by atoms with van der Waals surface area (Å²) < 4.78 is 6.11. The van der Waals surface area contributed by atoms with Crippen molar-refractivity contribution < 1.29 is 9.53 Å². The number of rotatable bonds is 5. The molecular formula is C13H16INO2. The molecule has 0 fully saturated rings. The lowest BCUT2D eigenvalue weighted by molar-refractivity contribution is -0.116. The Morgan fingerprint density at radius 3 is 2.59 bits per heavy atom. The van der Waals surface area contributed by atoms with E-state index in [4.69, 9.17) is 4.74 Å². The first-order valence-corrected chi connectivity index (χ1v) is 6.50. The molecule has 0 atom stereocenters. The van der Waals surface area contributed by atoms with Crippen molar-refractivity contribution in [1.29, 1.82) is 0 Å². The predicted molar refractivity (Wildman–Crippen MR) is 77.2 cm³/mol. The van der Waals surface area contributed by atoms with Gasteiger partial charge in [0.05, 0.1) is 7.11 Å². The highest BCUT2D eigenvalue weighted by Gasteiger charge is 1.99. The van der Waals surface area contributed by atoms with Crippen LogP contribution in [0.25, 0.3) is 0 Å². The second kappa shape index (κ2) is 7.32. The van der Waals surface area contributed by atoms with E-state index in [0.717, 1.165) is 21.3 Å². The summed E-state index contributed by atoms with van der Waals surface area (Å²) in [5, 5.41) is 2.84. The Labute approximate surface area is 115 Å². The molecule has 0 aliphatic carbocycles. The lowest BCUT2D eigenvalue weighted by Gasteiger charge is -2.04. The smallest absolute Gasteiger partial charge is 0.244 e. The minimum atomic E-state index is -0.0490. The lowest BCUT2D eigenvalue weighted by atomic mass is 10.2. The molecule has 0 spiro atoms. The second-order valence-electron chi connectivity index (χ2n) is 3.51. The van der Waals surface area contributed by atoms with Crippen molar-refractivity contribution in [3.05, 3.63) is 39.5 Å². The van der Waals surface area contributed by atoms with Crippen LogP contribution in [0.2, 0.25) is 0 Å². The molecule has 0 saturated carbocycles. The summed E-state index contributed by atoms with van der Waals surface area (Å²) in [6.07, 6.45) is 2.51. The van der Waals surface area contributed by atoms with Crippen LogP contribution in [-0.4, -0.2) is 13.0 Å². The molecule has 1 amide bonds. The second-order valence-corrected chi connectivity index (χ2v) is 4.90. The number of benzene rings is 1. The van der Waals surface area contributed by atoms with Gasteiger partial charge in [0, 0.05) is 12.6 Å². The van der Waals surface area contributed by atoms with Gasteiger partial charge in [0.15, 0.2) is 0 Å². The number of ether oxygens (including phenoxy) is 1. The maximum absolute atomic E-state index is 11.5. The molecule has 0 bridgehead atoms. The van der Waals surface area contributed by atoms with Gasteiger partial charge in [0.1, 0.15) is 5.75 Å². The molecule has 1 aromatic rings. The minimum absolute atomic E-state index is 0.0490. The number of carbonyl (C=O) groups excluding carboxylic acids is 1. The molecule has 3 nitrogen and oxygen atoms in total. The van der Waals surface area contributed by atoms with Crippen LogP contribution in [0.4, 0.5) is 0 Å². The fourth-order valence-corrected chi connectivity index (χ4v) is 1.51. The summed E-state index contributed by atoms with van der Waals surface area (Å²) in [5.41, 5.74) is 1.05. The first-order chi connectivity index (χ1) is 8.15. The minimum Gasteiger partial charge on any atom is -0.497 e. The van der Waals surface area contributed by atoms with E-state index < -0.39 is 0 Å². The van der Waals surface area contributed by atoms with Crippen LogP contribution in [0.5, 0.6) is 5.75 Å². The Bertz CT molecular complexity index is 398. The van der Waals surface area contributed by atoms with Crippen molar-refractivity contribution in [3.8, 4) is 5.75 Å². The molecule has 0 radical (unpaired) electrons. The fraction of sp³-hybridized carbons (Fsp3) is 0.308. The fourth-order valence-electron chi connectivity index (χ4n) is 1.23. The van der Waals surface area contributed by atoms with Gasteiger partial charge in [0.2, 0.25) is 5.91 Å². The summed E-state index contributed by atoms with van der Waals surface area (Å²) in [5.74, 6) is 0.771. The summed E-state index contributed by atoms with van der Waals surface area (Å²) >= 11 is 2.17. The zero-order valence-corrected chi connectivity index (χ0v) is 12.2. The number of hydrogen-bond acceptors (Lipinski definition) is 2. The molecule has 0 saturated heterocycles. The van der Waals surface area contributed by atoms with Crippen molar-refractivity contribution in [1.82, 2.24) is 5.32 Å². The number of carbonyl (C=O) groups is 1. The van der Waals surface area contributed by atoms with Crippen LogP contribution in [0.15, 0.2) is 33.9 Å². The summed E-state index contributed by atoms with van der Waals surface area (Å²) in [6.45, 7) is 2.56. The lowest BCUT2D eigenvalue weighted by Crippen LogP contribution is -2.20. The van der Waals surface area contributed by atoms with Crippen molar-refractivity contribution >= 4 is 28.5 Å². The van der Waals surface area contributed by atoms with Crippen LogP contribution >= 0.6 is 22.6 Å². The standard InChI is InChI=1S/C13H16INO2/c1-3-11(14)8-13(16)15-9-10-4-6-12(17-2)7-5-10/h4-8H,3,9H2,1-2H3,(H,15,16)/b11-8-. The molecule has 1 aromatic carbocycles. The topological polar surface area (TPSA) is 38.3 Å². The number of methoxy groups -OCH3 is 1. The van der Waals surface area contributed by atoms with E-state index in [0.29, 0.717) is 6.54 Å². The van der Waals surface area contributed by atoms with Gasteiger partial charge < -0.3 is 10.1 Å². The number of allylic oxidation sites excluding steroid dienone is 1. The number of halogens is 1. The Morgan fingerprint density at radius 1 is 1.41 bits per heavy atom. The van der Waals surface area contributed by atoms with Crippen molar-refractivity contribution in [2.45, 2.75) is 19.9 Å². The van der Waals surface area contributed by atoms with E-state index in [1.165, 1.54) is 0 Å². The van der Waals surface area contributed by atoms with E-state index in [2.05, 4.69) is 27.9 Å². The predicted octanol–water partition coefficient (Wildman–Crippen LogP) is 3.04. The number of hydrogen-bond donors (Lipinski definition) is 1. The van der Waals surface area contributed by atoms with E-state index >= 15 is 0 Å². The highest BCUT2D eigenvalue weighted by atomic mass is 127. The third kappa shape index (κ3) is 5.21. The van der Waals surface area contributed by atoms with Gasteiger partial charge in [-0.25, -0.2) is 0 Å². The van der Waals surface area contributed by atoms with Crippen LogP contribution in [0.3, 0.4) is 0 Å². The van der Waals surface area contributed by atoms with Gasteiger partial charge in [-0.15, -0.1) is 0 Å². The van der Waals surface area contributed by atoms with E-state index in [9.17, 15) is 4.79 Å². The largest absolute Gasteiger partial charge is 0.497 e. The molecule has 4 heteroatoms. The quantitative estimate of drug-likeness (QED) is 0.658. The van der Waals surface area contributed by atoms with Gasteiger partial charge in [0.25, 0.3) is 0 Å². The Balaban J connectivity index is 2.47. The SMILES string of the molecule is CC/C(I)=C/C(=O)NCc1ccc(OC)cc1. The van der Waals surface area contributed by atoms with E-state index in [-0.39, 0.29) is 5.91 Å². The molecule has 1 N–H and O–H groups in total. The maximum atomic E-state index is 11.5. The van der Waals surface area contributed by atoms with Crippen molar-refractivity contribution in [3.63, 3.8) is 0 Å². The Morgan fingerprint density at radius 2 is 2.06 bits per heavy atom. The number of nitrogens with one attached hydrogen (secondary N) is 1. The molecular weight excluding hydrogens is 329 g/mol. The molecule has 0 aliphatic rings. The first kappa shape index (κ1) is 14.0. The van der Waals surface area contributed by atoms with Crippen LogP contribution in [-0.2, 0) is 11.3 Å². The summed E-state index contributed by atoms with van der Waals surface area (Å²) in [6, 6.07) is 7.64. The van der Waals surface area contributed by atoms with Gasteiger partial charge in [-0.3, -0.25) is 4.79 Å². The van der Waals surface area contributed by atoms with E-state index in [1.807, 2.05) is 31.2 Å². The van der Waals surface area contributed by atoms with Crippen LogP contribution < -0.4 is 10.1 Å². The Kier molecular flexibility index (Phi) is 6.04. The van der Waals surface area contributed by atoms with Gasteiger partial charge >= 0.3 is 0 Å². The molecule has 0 heterocycles. The van der Waals surface area contributed by atoms with Crippen LogP contribution in [0.1, 0.15) is 18.9 Å². The molecule has 17 heavy (non-hydrogen) atoms. The average molecular weight is 345 g/mol. The summed E-state index contributed by atoms with van der Waals surface area (Å²) in [4.78, 5) is 11.5. The van der Waals surface area contributed by atoms with E-state index in [1.54, 1.807) is 13.2 Å². The number of amides is 1. The summed E-state index contributed by atoms with van der Waals surface area (Å²) in [7, 11) is 1.63. The zero-order chi connectivity index (χ0) is 12.7. The molecule has 0 aliphatic heterocycles. The highest BCUT2D eigenvalue weighted by Crippen LogP contribution is 2.11. The highest BCUT2D eigenvalue weighted by molar-refractivity contribution is 14.1. The average Bonchev–Trinajstić information content (AvgIpc) is 2.36. The van der Waals surface area contributed by atoms with Crippen molar-refractivity contribution in [2.75, 3.05) is 7.11 Å². The van der Waals surface area contributed by atoms with Crippen LogP contribution in [0, 0.1) is 0 Å². The zero-order valence-electron chi connectivity index (χ0n) is 10.00. The van der Waals surface area contributed by atoms with Gasteiger partial charge in [-0.2, -0.15) is 0 Å². The Hall–Kier alpha value is -1.04. The van der Waals surface area contributed by atoms with Crippen molar-refractivity contribution in [2.24, 2.45) is 0 Å². The third-order valence-electron chi connectivity index (χ3n) is 2.25. The monoisotopic (exact) mass is 345 g/mol. The third-order valence-corrected chi connectivity index (χ3v) is 3.33. The first-order valence-electron chi connectivity index (χ1n) is 5.42. The van der Waals surface area contributed by atoms with Gasteiger partial charge in [-0.05, 0) is 50.3 Å². The molecule has 0 aromatic heterocycles. The molecule has 0 unspecified atom stereocenters.